The van der Waals surface area contributed by atoms with E-state index in [9.17, 15) is 21.2 Å². The number of halogens is 2. The van der Waals surface area contributed by atoms with Gasteiger partial charge in [-0.25, -0.2) is 21.2 Å². The Kier molecular flexibility index (Phi) is 4.32. The third-order valence-electron chi connectivity index (χ3n) is 5.05. The van der Waals surface area contributed by atoms with Crippen LogP contribution in [0.3, 0.4) is 0 Å². The lowest BCUT2D eigenvalue weighted by Gasteiger charge is -2.37. The largest absolute Gasteiger partial charge is 0.361 e. The third-order valence-corrected chi connectivity index (χ3v) is 9.61. The van der Waals surface area contributed by atoms with Crippen LogP contribution in [0.15, 0.2) is 43.9 Å². The predicted octanol–water partition coefficient (Wildman–Crippen LogP) is 3.12. The van der Waals surface area contributed by atoms with Gasteiger partial charge in [0, 0.05) is 11.4 Å². The van der Waals surface area contributed by atoms with E-state index in [0.29, 0.717) is 42.6 Å². The first-order valence-corrected chi connectivity index (χ1v) is 12.4. The summed E-state index contributed by atoms with van der Waals surface area (Å²) in [4.78, 5) is 0.262. The Balaban J connectivity index is 2.02. The van der Waals surface area contributed by atoms with E-state index in [4.69, 9.17) is 0 Å². The van der Waals surface area contributed by atoms with E-state index >= 15 is 0 Å². The minimum Gasteiger partial charge on any atom is -0.361 e. The van der Waals surface area contributed by atoms with Crippen molar-refractivity contribution in [1.82, 2.24) is 5.32 Å². The zero-order valence-electron chi connectivity index (χ0n) is 13.8. The van der Waals surface area contributed by atoms with E-state index < -0.39 is 31.4 Å². The molecule has 3 aliphatic rings. The molecular weight excluding hydrogens is 445 g/mol. The van der Waals surface area contributed by atoms with Crippen LogP contribution in [0.5, 0.6) is 0 Å². The summed E-state index contributed by atoms with van der Waals surface area (Å²) in [5.74, 6) is -1.40. The number of rotatable bonds is 1. The van der Waals surface area contributed by atoms with Crippen LogP contribution in [-0.2, 0) is 19.7 Å². The summed E-state index contributed by atoms with van der Waals surface area (Å²) >= 11 is 3.12. The Hall–Kier alpha value is -1.19. The molecule has 0 aromatic heterocycles. The van der Waals surface area contributed by atoms with E-state index in [1.807, 2.05) is 0 Å². The smallest absolute Gasteiger partial charge is 0.177 e. The van der Waals surface area contributed by atoms with Gasteiger partial charge >= 0.3 is 0 Å². The molecule has 5 nitrogen and oxygen atoms in total. The lowest BCUT2D eigenvalue weighted by atomic mass is 9.91. The summed E-state index contributed by atoms with van der Waals surface area (Å²) in [6.07, 6.45) is 2.13. The SMILES string of the molecule is O=S1(=O)CCCC2=C1C(c1ccc(F)c(Br)c1)C1=C(CCCS1(=O)=O)N2. The number of sulfone groups is 2. The van der Waals surface area contributed by atoms with Crippen molar-refractivity contribution in [2.24, 2.45) is 0 Å². The van der Waals surface area contributed by atoms with Gasteiger partial charge in [-0.2, -0.15) is 0 Å². The molecule has 0 spiro atoms. The van der Waals surface area contributed by atoms with Gasteiger partial charge in [0.05, 0.1) is 31.7 Å². The quantitative estimate of drug-likeness (QED) is 0.694. The number of hydrogen-bond donors (Lipinski definition) is 1. The molecule has 0 saturated carbocycles. The van der Waals surface area contributed by atoms with Crippen molar-refractivity contribution in [3.8, 4) is 0 Å². The lowest BCUT2D eigenvalue weighted by Crippen LogP contribution is -2.38. The zero-order chi connectivity index (χ0) is 18.7. The van der Waals surface area contributed by atoms with Crippen LogP contribution >= 0.6 is 15.9 Å². The predicted molar refractivity (Wildman–Crippen MR) is 100 cm³/mol. The maximum atomic E-state index is 13.7. The molecule has 140 valence electrons. The van der Waals surface area contributed by atoms with E-state index in [0.717, 1.165) is 0 Å². The van der Waals surface area contributed by atoms with Gasteiger partial charge in [-0.05, 0) is 59.3 Å². The topological polar surface area (TPSA) is 80.3 Å². The monoisotopic (exact) mass is 461 g/mol. The van der Waals surface area contributed by atoms with Crippen LogP contribution < -0.4 is 5.32 Å². The molecule has 0 atom stereocenters. The average molecular weight is 462 g/mol. The van der Waals surface area contributed by atoms with E-state index in [1.54, 1.807) is 0 Å². The number of benzene rings is 1. The molecule has 4 rings (SSSR count). The zero-order valence-corrected chi connectivity index (χ0v) is 17.0. The van der Waals surface area contributed by atoms with Crippen molar-refractivity contribution in [3.63, 3.8) is 0 Å². The van der Waals surface area contributed by atoms with Crippen LogP contribution in [-0.4, -0.2) is 28.3 Å². The maximum absolute atomic E-state index is 13.7. The molecule has 0 aliphatic carbocycles. The molecule has 26 heavy (non-hydrogen) atoms. The number of nitrogens with one attached hydrogen (secondary N) is 1. The normalized spacial score (nSPS) is 24.7. The van der Waals surface area contributed by atoms with Gasteiger partial charge in [-0.15, -0.1) is 0 Å². The van der Waals surface area contributed by atoms with Crippen molar-refractivity contribution < 1.29 is 21.2 Å². The Bertz CT molecular complexity index is 1010. The summed E-state index contributed by atoms with van der Waals surface area (Å²) in [6.45, 7) is 0. The van der Waals surface area contributed by atoms with Gasteiger partial charge in [0.2, 0.25) is 0 Å². The van der Waals surface area contributed by atoms with Gasteiger partial charge in [0.15, 0.2) is 19.7 Å². The van der Waals surface area contributed by atoms with Crippen LogP contribution in [0.2, 0.25) is 0 Å². The summed E-state index contributed by atoms with van der Waals surface area (Å²) < 4.78 is 65.2. The third kappa shape index (κ3) is 2.84. The number of allylic oxidation sites excluding steroid dienone is 4. The van der Waals surface area contributed by atoms with Crippen molar-refractivity contribution in [2.45, 2.75) is 31.6 Å². The van der Waals surface area contributed by atoms with Crippen molar-refractivity contribution >= 4 is 35.6 Å². The molecule has 0 bridgehead atoms. The van der Waals surface area contributed by atoms with Crippen LogP contribution in [0.1, 0.15) is 37.2 Å². The van der Waals surface area contributed by atoms with Crippen LogP contribution in [0.25, 0.3) is 0 Å². The standard InChI is InChI=1S/C17H17BrFNO4S2/c18-11-9-10(5-6-12(11)19)15-16-13(3-1-7-25(16,21)22)20-14-4-2-8-26(23,24)17(14)15/h5-6,9,15,20H,1-4,7-8H2. The van der Waals surface area contributed by atoms with E-state index in [1.165, 1.54) is 18.2 Å². The molecule has 1 aromatic carbocycles. The molecule has 0 radical (unpaired) electrons. The highest BCUT2D eigenvalue weighted by atomic mass is 79.9. The van der Waals surface area contributed by atoms with Gasteiger partial charge in [0.1, 0.15) is 5.82 Å². The molecule has 0 amide bonds. The first kappa shape index (κ1) is 18.2. The van der Waals surface area contributed by atoms with Gasteiger partial charge in [0.25, 0.3) is 0 Å². The molecule has 1 N–H and O–H groups in total. The summed E-state index contributed by atoms with van der Waals surface area (Å²) in [7, 11) is -7.19. The molecule has 9 heteroatoms. The van der Waals surface area contributed by atoms with Crippen molar-refractivity contribution in [3.05, 3.63) is 55.3 Å². The summed E-state index contributed by atoms with van der Waals surface area (Å²) in [5, 5.41) is 3.11. The van der Waals surface area contributed by atoms with Gasteiger partial charge in [-0.1, -0.05) is 6.07 Å². The highest BCUT2D eigenvalue weighted by Gasteiger charge is 2.45. The molecule has 0 saturated heterocycles. The minimum absolute atomic E-state index is 0.00492. The Morgan fingerprint density at radius 2 is 1.50 bits per heavy atom. The fourth-order valence-corrected chi connectivity index (χ4v) is 8.21. The Labute approximate surface area is 160 Å². The first-order chi connectivity index (χ1) is 12.2. The van der Waals surface area contributed by atoms with Crippen LogP contribution in [0.4, 0.5) is 4.39 Å². The lowest BCUT2D eigenvalue weighted by molar-refractivity contribution is 0.572. The highest BCUT2D eigenvalue weighted by molar-refractivity contribution is 9.10. The average Bonchev–Trinajstić information content (AvgIpc) is 2.55. The molecule has 3 aliphatic heterocycles. The fourth-order valence-electron chi connectivity index (χ4n) is 3.97. The van der Waals surface area contributed by atoms with E-state index in [-0.39, 0.29) is 25.8 Å². The van der Waals surface area contributed by atoms with E-state index in [2.05, 4.69) is 21.2 Å². The second-order valence-corrected chi connectivity index (χ2v) is 11.8. The molecule has 0 unspecified atom stereocenters. The first-order valence-electron chi connectivity index (χ1n) is 8.34. The molecular formula is C17H17BrFNO4S2. The second-order valence-electron chi connectivity index (χ2n) is 6.76. The summed E-state index contributed by atoms with van der Waals surface area (Å²) in [6, 6.07) is 4.18. The number of dihydropyridines is 1. The highest BCUT2D eigenvalue weighted by Crippen LogP contribution is 2.48. The van der Waals surface area contributed by atoms with Crippen molar-refractivity contribution in [1.29, 1.82) is 0 Å². The van der Waals surface area contributed by atoms with Gasteiger partial charge < -0.3 is 5.32 Å². The second kappa shape index (κ2) is 6.17. The maximum Gasteiger partial charge on any atom is 0.177 e. The summed E-state index contributed by atoms with van der Waals surface area (Å²) in [5.41, 5.74) is 1.63. The number of hydrogen-bond acceptors (Lipinski definition) is 5. The molecule has 3 heterocycles. The van der Waals surface area contributed by atoms with Crippen molar-refractivity contribution in [2.75, 3.05) is 11.5 Å². The fraction of sp³-hybridized carbons (Fsp3) is 0.412. The van der Waals surface area contributed by atoms with Gasteiger partial charge in [-0.3, -0.25) is 0 Å². The molecule has 1 aromatic rings. The Morgan fingerprint density at radius 3 is 2.00 bits per heavy atom. The minimum atomic E-state index is -3.60. The Morgan fingerprint density at radius 1 is 0.962 bits per heavy atom. The van der Waals surface area contributed by atoms with Crippen LogP contribution in [0, 0.1) is 5.82 Å². The molecule has 0 fully saturated rings.